The van der Waals surface area contributed by atoms with E-state index in [4.69, 9.17) is 26.8 Å². The van der Waals surface area contributed by atoms with Gasteiger partial charge in [0.2, 0.25) is 18.1 Å². The first-order valence-electron chi connectivity index (χ1n) is 12.7. The SMILES string of the molecule is CCO[C@@H]1OC(=O)C[C@@H]1NC(=O)[C@@H]1[C@H]2CCC(C2)N1C(=O)[C@@H](NC(=O)c1ccc(N)c(Cl)c1)C(C)(C)C. The highest BCUT2D eigenvalue weighted by Crippen LogP contribution is 2.44. The van der Waals surface area contributed by atoms with E-state index >= 15 is 0 Å². The van der Waals surface area contributed by atoms with Crippen molar-refractivity contribution in [3.63, 3.8) is 0 Å². The third kappa shape index (κ3) is 5.55. The number of nitrogens with one attached hydrogen (secondary N) is 2. The molecule has 3 amide bonds. The zero-order valence-corrected chi connectivity index (χ0v) is 22.3. The Bertz CT molecular complexity index is 1090. The molecule has 11 heteroatoms. The van der Waals surface area contributed by atoms with Gasteiger partial charge in [-0.2, -0.15) is 0 Å². The smallest absolute Gasteiger partial charge is 0.310 e. The number of rotatable bonds is 7. The maximum atomic E-state index is 14.0. The average Bonchev–Trinajstić information content (AvgIpc) is 3.53. The number of amides is 3. The second kappa shape index (κ2) is 10.5. The molecule has 4 rings (SSSR count). The Morgan fingerprint density at radius 1 is 1.27 bits per heavy atom. The zero-order chi connectivity index (χ0) is 27.1. The van der Waals surface area contributed by atoms with Crippen molar-refractivity contribution in [2.75, 3.05) is 12.3 Å². The highest BCUT2D eigenvalue weighted by Gasteiger charge is 2.54. The average molecular weight is 535 g/mol. The molecular formula is C26H35ClN4O6. The molecule has 1 saturated carbocycles. The van der Waals surface area contributed by atoms with Crippen molar-refractivity contribution in [2.24, 2.45) is 11.3 Å². The first-order valence-corrected chi connectivity index (χ1v) is 13.1. The van der Waals surface area contributed by atoms with E-state index in [1.807, 2.05) is 20.8 Å². The number of nitrogens with zero attached hydrogens (tertiary/aromatic N) is 1. The van der Waals surface area contributed by atoms with E-state index in [1.54, 1.807) is 17.9 Å². The monoisotopic (exact) mass is 534 g/mol. The normalized spacial score (nSPS) is 27.6. The lowest BCUT2D eigenvalue weighted by Gasteiger charge is -2.40. The maximum absolute atomic E-state index is 14.0. The van der Waals surface area contributed by atoms with Crippen LogP contribution in [-0.2, 0) is 23.9 Å². The molecule has 4 N–H and O–H groups in total. The molecule has 10 nitrogen and oxygen atoms in total. The minimum atomic E-state index is -0.890. The molecule has 2 heterocycles. The zero-order valence-electron chi connectivity index (χ0n) is 21.6. The number of fused-ring (bicyclic) bond motifs is 2. The molecule has 0 spiro atoms. The molecule has 2 aliphatic heterocycles. The summed E-state index contributed by atoms with van der Waals surface area (Å²) in [6.45, 7) is 7.70. The molecule has 1 aromatic rings. The third-order valence-electron chi connectivity index (χ3n) is 7.38. The van der Waals surface area contributed by atoms with E-state index in [1.165, 1.54) is 12.1 Å². The summed E-state index contributed by atoms with van der Waals surface area (Å²) in [5, 5.41) is 6.02. The Morgan fingerprint density at radius 2 is 2.00 bits per heavy atom. The molecule has 0 aromatic heterocycles. The van der Waals surface area contributed by atoms with Gasteiger partial charge in [-0.25, -0.2) is 0 Å². The van der Waals surface area contributed by atoms with Gasteiger partial charge in [-0.15, -0.1) is 0 Å². The van der Waals surface area contributed by atoms with E-state index in [9.17, 15) is 19.2 Å². The van der Waals surface area contributed by atoms with Crippen LogP contribution in [0, 0.1) is 11.3 Å². The Kier molecular flexibility index (Phi) is 7.71. The van der Waals surface area contributed by atoms with Gasteiger partial charge in [-0.3, -0.25) is 19.2 Å². The van der Waals surface area contributed by atoms with E-state index in [0.29, 0.717) is 12.3 Å². The van der Waals surface area contributed by atoms with Crippen LogP contribution in [0.4, 0.5) is 5.69 Å². The van der Waals surface area contributed by atoms with Crippen LogP contribution in [0.3, 0.4) is 0 Å². The van der Waals surface area contributed by atoms with Crippen molar-refractivity contribution in [1.29, 1.82) is 0 Å². The Hall–Kier alpha value is -2.85. The lowest BCUT2D eigenvalue weighted by molar-refractivity contribution is -0.165. The van der Waals surface area contributed by atoms with Crippen LogP contribution < -0.4 is 16.4 Å². The van der Waals surface area contributed by atoms with Gasteiger partial charge in [0, 0.05) is 18.2 Å². The molecule has 0 radical (unpaired) electrons. The number of halogens is 1. The number of nitrogen functional groups attached to an aromatic ring is 1. The number of anilines is 1. The number of carbonyl (C=O) groups is 4. The number of piperidine rings is 1. The first-order chi connectivity index (χ1) is 17.4. The predicted molar refractivity (Wildman–Crippen MR) is 136 cm³/mol. The summed E-state index contributed by atoms with van der Waals surface area (Å²) in [5.74, 6) is -1.54. The number of cyclic esters (lactones) is 1. The van der Waals surface area contributed by atoms with Crippen LogP contribution in [0.15, 0.2) is 18.2 Å². The highest BCUT2D eigenvalue weighted by atomic mass is 35.5. The van der Waals surface area contributed by atoms with Gasteiger partial charge in [0.1, 0.15) is 18.1 Å². The van der Waals surface area contributed by atoms with E-state index in [-0.39, 0.29) is 40.8 Å². The van der Waals surface area contributed by atoms with Crippen molar-refractivity contribution < 1.29 is 28.7 Å². The second-order valence-corrected chi connectivity index (χ2v) is 11.5. The molecule has 37 heavy (non-hydrogen) atoms. The van der Waals surface area contributed by atoms with Crippen LogP contribution in [-0.4, -0.2) is 65.7 Å². The Labute approximate surface area is 221 Å². The maximum Gasteiger partial charge on any atom is 0.310 e. The summed E-state index contributed by atoms with van der Waals surface area (Å²) in [6.07, 6.45) is 1.51. The predicted octanol–water partition coefficient (Wildman–Crippen LogP) is 2.24. The van der Waals surface area contributed by atoms with Gasteiger partial charge >= 0.3 is 5.97 Å². The minimum Gasteiger partial charge on any atom is -0.433 e. The number of esters is 1. The van der Waals surface area contributed by atoms with Crippen LogP contribution >= 0.6 is 11.6 Å². The quantitative estimate of drug-likeness (QED) is 0.360. The molecule has 2 bridgehead atoms. The van der Waals surface area contributed by atoms with Crippen LogP contribution in [0.25, 0.3) is 0 Å². The molecule has 2 saturated heterocycles. The lowest BCUT2D eigenvalue weighted by atomic mass is 9.84. The molecule has 3 aliphatic rings. The Morgan fingerprint density at radius 3 is 2.65 bits per heavy atom. The topological polar surface area (TPSA) is 140 Å². The van der Waals surface area contributed by atoms with Gasteiger partial charge in [0.15, 0.2) is 0 Å². The van der Waals surface area contributed by atoms with Gasteiger partial charge in [-0.05, 0) is 55.7 Å². The van der Waals surface area contributed by atoms with Crippen molar-refractivity contribution in [3.05, 3.63) is 28.8 Å². The molecule has 1 aliphatic carbocycles. The fraction of sp³-hybridized carbons (Fsp3) is 0.615. The highest BCUT2D eigenvalue weighted by molar-refractivity contribution is 6.33. The van der Waals surface area contributed by atoms with Gasteiger partial charge in [-0.1, -0.05) is 32.4 Å². The largest absolute Gasteiger partial charge is 0.433 e. The van der Waals surface area contributed by atoms with E-state index in [0.717, 1.165) is 19.3 Å². The minimum absolute atomic E-state index is 0.00439. The molecule has 3 fully saturated rings. The molecule has 6 atom stereocenters. The van der Waals surface area contributed by atoms with Crippen molar-refractivity contribution in [1.82, 2.24) is 15.5 Å². The van der Waals surface area contributed by atoms with Crippen LogP contribution in [0.1, 0.15) is 63.7 Å². The van der Waals surface area contributed by atoms with E-state index < -0.39 is 41.7 Å². The number of nitrogens with two attached hydrogens (primary N) is 1. The van der Waals surface area contributed by atoms with E-state index in [2.05, 4.69) is 10.6 Å². The number of carbonyl (C=O) groups excluding carboxylic acids is 4. The third-order valence-corrected chi connectivity index (χ3v) is 7.71. The Balaban J connectivity index is 1.54. The summed E-state index contributed by atoms with van der Waals surface area (Å²) >= 11 is 6.09. The number of benzene rings is 1. The van der Waals surface area contributed by atoms with Crippen LogP contribution in [0.5, 0.6) is 0 Å². The summed E-state index contributed by atoms with van der Waals surface area (Å²) < 4.78 is 10.6. The van der Waals surface area contributed by atoms with Crippen LogP contribution in [0.2, 0.25) is 5.02 Å². The summed E-state index contributed by atoms with van der Waals surface area (Å²) in [4.78, 5) is 54.1. The number of hydrogen-bond acceptors (Lipinski definition) is 7. The van der Waals surface area contributed by atoms with Gasteiger partial charge < -0.3 is 30.7 Å². The molecular weight excluding hydrogens is 500 g/mol. The summed E-state index contributed by atoms with van der Waals surface area (Å²) in [5.41, 5.74) is 5.76. The van der Waals surface area contributed by atoms with Crippen molar-refractivity contribution >= 4 is 41.0 Å². The van der Waals surface area contributed by atoms with Gasteiger partial charge in [0.05, 0.1) is 17.1 Å². The number of ether oxygens (including phenoxy) is 2. The van der Waals surface area contributed by atoms with Crippen molar-refractivity contribution in [2.45, 2.75) is 83.8 Å². The molecule has 1 unspecified atom stereocenters. The first kappa shape index (κ1) is 27.2. The van der Waals surface area contributed by atoms with Gasteiger partial charge in [0.25, 0.3) is 5.91 Å². The fourth-order valence-corrected chi connectivity index (χ4v) is 5.74. The number of likely N-dealkylation sites (tertiary alicyclic amines) is 1. The standard InChI is InChI=1S/C26H35ClN4O6/c1-5-36-25-18(12-19(32)37-25)29-23(34)20-13-6-8-15(10-13)31(20)24(35)21(26(2,3)4)30-22(33)14-7-9-17(28)16(27)11-14/h7,9,11,13,15,18,20-21,25H,5-6,8,10,12,28H2,1-4H3,(H,29,34)(H,30,33)/t13-,15?,18-,20-,21+,25+/m0/s1. The lowest BCUT2D eigenvalue weighted by Crippen LogP contribution is -2.62. The number of hydrogen-bond donors (Lipinski definition) is 3. The second-order valence-electron chi connectivity index (χ2n) is 11.1. The van der Waals surface area contributed by atoms with Crippen molar-refractivity contribution in [3.8, 4) is 0 Å². The molecule has 202 valence electrons. The molecule has 1 aromatic carbocycles. The fourth-order valence-electron chi connectivity index (χ4n) is 5.56. The summed E-state index contributed by atoms with van der Waals surface area (Å²) in [6, 6.07) is 2.25. The summed E-state index contributed by atoms with van der Waals surface area (Å²) in [7, 11) is 0.